The lowest BCUT2D eigenvalue weighted by Crippen LogP contribution is -2.58. The van der Waals surface area contributed by atoms with E-state index in [9.17, 15) is 24.0 Å². The number of carbonyl (C=O) groups is 5. The van der Waals surface area contributed by atoms with Gasteiger partial charge in [-0.05, 0) is 60.5 Å². The first-order chi connectivity index (χ1) is 21.5. The molecule has 3 aliphatic rings. The number of fused-ring (bicyclic) bond motifs is 1. The molecule has 45 heavy (non-hydrogen) atoms. The number of hydrogen-bond acceptors (Lipinski definition) is 6. The monoisotopic (exact) mass is 628 g/mol. The van der Waals surface area contributed by atoms with Gasteiger partial charge in [0.2, 0.25) is 17.6 Å². The molecule has 2 fully saturated rings. The number of likely N-dealkylation sites (N-methyl/N-ethyl adjacent to an activating group) is 1. The Morgan fingerprint density at radius 3 is 2.07 bits per heavy atom. The predicted molar refractivity (Wildman–Crippen MR) is 175 cm³/mol. The van der Waals surface area contributed by atoms with E-state index in [2.05, 4.69) is 29.8 Å². The summed E-state index contributed by atoms with van der Waals surface area (Å²) in [6.45, 7) is 14.7. The minimum absolute atomic E-state index is 0.0468. The summed E-state index contributed by atoms with van der Waals surface area (Å²) in [5.74, 6) is -1.90. The molecule has 1 saturated heterocycles. The smallest absolute Gasteiger partial charge is 0.407 e. The summed E-state index contributed by atoms with van der Waals surface area (Å²) in [7, 11) is 1.38. The number of alkyl carbamates (subject to hydrolysis) is 1. The van der Waals surface area contributed by atoms with Crippen molar-refractivity contribution in [3.05, 3.63) is 35.4 Å². The third-order valence-electron chi connectivity index (χ3n) is 8.09. The van der Waals surface area contributed by atoms with Gasteiger partial charge in [0.25, 0.3) is 5.91 Å². The average molecular weight is 629 g/mol. The summed E-state index contributed by atoms with van der Waals surface area (Å²) in [6, 6.07) is 5.38. The molecule has 4 rings (SSSR count). The third kappa shape index (κ3) is 11.2. The predicted octanol–water partition coefficient (Wildman–Crippen LogP) is 4.43. The van der Waals surface area contributed by atoms with Crippen molar-refractivity contribution >= 4 is 29.6 Å². The van der Waals surface area contributed by atoms with Crippen LogP contribution in [0.2, 0.25) is 0 Å². The first kappa shape index (κ1) is 37.8. The molecule has 2 aliphatic carbocycles. The number of Topliss-reactive ketones (excluding diaryl/α,β-unsaturated/α-hetero) is 1. The van der Waals surface area contributed by atoms with Crippen molar-refractivity contribution in [3.63, 3.8) is 0 Å². The molecule has 1 aromatic carbocycles. The summed E-state index contributed by atoms with van der Waals surface area (Å²) < 4.78 is 5.36. The van der Waals surface area contributed by atoms with Crippen molar-refractivity contribution in [1.29, 1.82) is 0 Å². The fraction of sp³-hybridized carbons (Fsp3) is 0.686. The van der Waals surface area contributed by atoms with E-state index >= 15 is 0 Å². The molecule has 4 amide bonds. The van der Waals surface area contributed by atoms with Crippen LogP contribution in [0, 0.1) is 23.7 Å². The highest BCUT2D eigenvalue weighted by atomic mass is 16.5. The molecule has 1 aliphatic heterocycles. The Morgan fingerprint density at radius 2 is 1.56 bits per heavy atom. The van der Waals surface area contributed by atoms with Crippen LogP contribution in [-0.2, 0) is 36.8 Å². The number of ether oxygens (including phenoxy) is 1. The number of nitrogens with one attached hydrogen (secondary N) is 3. The largest absolute Gasteiger partial charge is 0.449 e. The average Bonchev–Trinajstić information content (AvgIpc) is 3.59. The summed E-state index contributed by atoms with van der Waals surface area (Å²) in [5, 5.41) is 7.97. The highest BCUT2D eigenvalue weighted by molar-refractivity contribution is 6.38. The van der Waals surface area contributed by atoms with Crippen molar-refractivity contribution in [1.82, 2.24) is 20.9 Å². The molecule has 4 unspecified atom stereocenters. The lowest BCUT2D eigenvalue weighted by Gasteiger charge is -2.32. The van der Waals surface area contributed by atoms with Crippen LogP contribution in [0.1, 0.15) is 91.7 Å². The second kappa shape index (κ2) is 18.5. The highest BCUT2D eigenvalue weighted by Gasteiger charge is 2.45. The van der Waals surface area contributed by atoms with Crippen LogP contribution >= 0.6 is 0 Å². The van der Waals surface area contributed by atoms with Crippen molar-refractivity contribution in [2.45, 2.75) is 112 Å². The molecule has 4 atom stereocenters. The minimum Gasteiger partial charge on any atom is -0.449 e. The molecular weight excluding hydrogens is 572 g/mol. The molecule has 10 nitrogen and oxygen atoms in total. The second-order valence-corrected chi connectivity index (χ2v) is 12.8. The van der Waals surface area contributed by atoms with Gasteiger partial charge in [0.1, 0.15) is 12.1 Å². The van der Waals surface area contributed by atoms with E-state index in [0.29, 0.717) is 38.1 Å². The molecule has 3 N–H and O–H groups in total. The van der Waals surface area contributed by atoms with Crippen molar-refractivity contribution in [3.8, 4) is 0 Å². The second-order valence-electron chi connectivity index (χ2n) is 12.8. The summed E-state index contributed by atoms with van der Waals surface area (Å²) in [6.07, 6.45) is 4.60. The van der Waals surface area contributed by atoms with Crippen LogP contribution in [0.15, 0.2) is 24.3 Å². The van der Waals surface area contributed by atoms with Crippen LogP contribution in [0.3, 0.4) is 0 Å². The van der Waals surface area contributed by atoms with Crippen LogP contribution in [-0.4, -0.2) is 72.8 Å². The van der Waals surface area contributed by atoms with Crippen molar-refractivity contribution < 1.29 is 28.7 Å². The fourth-order valence-corrected chi connectivity index (χ4v) is 5.81. The van der Waals surface area contributed by atoms with Crippen LogP contribution in [0.25, 0.3) is 0 Å². The first-order valence-corrected chi connectivity index (χ1v) is 16.9. The topological polar surface area (TPSA) is 134 Å². The number of amides is 4. The van der Waals surface area contributed by atoms with Gasteiger partial charge < -0.3 is 25.6 Å². The lowest BCUT2D eigenvalue weighted by atomic mass is 9.95. The Morgan fingerprint density at radius 1 is 0.978 bits per heavy atom. The number of nitrogens with zero attached hydrogens (tertiary/aromatic N) is 1. The van der Waals surface area contributed by atoms with Gasteiger partial charge in [-0.2, -0.15) is 0 Å². The maximum absolute atomic E-state index is 14.1. The fourth-order valence-electron chi connectivity index (χ4n) is 5.81. The van der Waals surface area contributed by atoms with Crippen molar-refractivity contribution in [2.75, 3.05) is 20.2 Å². The lowest BCUT2D eigenvalue weighted by molar-refractivity contribution is -0.143. The number of rotatable bonds is 11. The van der Waals surface area contributed by atoms with Crippen LogP contribution in [0.4, 0.5) is 4.79 Å². The van der Waals surface area contributed by atoms with E-state index in [0.717, 1.165) is 24.0 Å². The number of ketones is 1. The summed E-state index contributed by atoms with van der Waals surface area (Å²) in [4.78, 5) is 66.8. The summed E-state index contributed by atoms with van der Waals surface area (Å²) in [5.41, 5.74) is 2.28. The molecule has 0 radical (unpaired) electrons. The first-order valence-electron chi connectivity index (χ1n) is 16.9. The molecule has 0 bridgehead atoms. The molecule has 1 heterocycles. The van der Waals surface area contributed by atoms with Gasteiger partial charge in [-0.1, -0.05) is 92.0 Å². The molecule has 10 heteroatoms. The van der Waals surface area contributed by atoms with Gasteiger partial charge in [0, 0.05) is 13.6 Å². The van der Waals surface area contributed by atoms with E-state index < -0.39 is 41.8 Å². The Balaban J connectivity index is 0.00000133. The highest BCUT2D eigenvalue weighted by Crippen LogP contribution is 2.34. The Labute approximate surface area is 269 Å². The molecular formula is C35H56N4O6. The molecule has 0 spiro atoms. The zero-order valence-corrected chi connectivity index (χ0v) is 28.6. The zero-order valence-electron chi connectivity index (χ0n) is 28.6. The van der Waals surface area contributed by atoms with Crippen LogP contribution < -0.4 is 16.0 Å². The number of benzene rings is 1. The van der Waals surface area contributed by atoms with Gasteiger partial charge in [-0.15, -0.1) is 0 Å². The van der Waals surface area contributed by atoms with Crippen molar-refractivity contribution in [2.24, 2.45) is 23.7 Å². The van der Waals surface area contributed by atoms with E-state index in [1.54, 1.807) is 0 Å². The van der Waals surface area contributed by atoms with E-state index in [1.165, 1.54) is 18.4 Å². The molecule has 1 saturated carbocycles. The van der Waals surface area contributed by atoms with E-state index in [4.69, 9.17) is 4.74 Å². The molecule has 1 aromatic rings. The van der Waals surface area contributed by atoms with Crippen LogP contribution in [0.5, 0.6) is 0 Å². The minimum atomic E-state index is -0.933. The Hall–Kier alpha value is -3.43. The van der Waals surface area contributed by atoms with Gasteiger partial charge >= 0.3 is 6.09 Å². The van der Waals surface area contributed by atoms with E-state index in [1.807, 2.05) is 58.9 Å². The SMILES string of the molecule is CC.CCC.CNC(=O)C(=O)C(CC1CC1)NC(=O)C1CC(C)CN1C(=O)C(NC(=O)OCC(C)C)C1Cc2ccccc2C1. The summed E-state index contributed by atoms with van der Waals surface area (Å²) >= 11 is 0. The maximum Gasteiger partial charge on any atom is 0.407 e. The molecule has 252 valence electrons. The Bertz CT molecular complexity index is 1130. The van der Waals surface area contributed by atoms with Gasteiger partial charge in [-0.3, -0.25) is 19.2 Å². The van der Waals surface area contributed by atoms with Gasteiger partial charge in [0.05, 0.1) is 12.6 Å². The normalized spacial score (nSPS) is 20.0. The zero-order chi connectivity index (χ0) is 33.7. The number of hydrogen-bond donors (Lipinski definition) is 3. The molecule has 0 aromatic heterocycles. The quantitative estimate of drug-likeness (QED) is 0.311. The third-order valence-corrected chi connectivity index (χ3v) is 8.09. The standard InChI is InChI=1S/C30H42N4O6.C3H8.C2H6/c1-17(2)16-40-30(39)33-25(22-13-20-7-5-6-8-21(20)14-22)29(38)34-15-18(3)11-24(34)27(36)32-23(12-19-9-10-19)26(35)28(37)31-4;1-3-2;1-2/h5-8,17-19,22-25H,9-16H2,1-4H3,(H,31,37)(H,32,36)(H,33,39);3H2,1-2H3;1-2H3. The van der Waals surface area contributed by atoms with Gasteiger partial charge in [0.15, 0.2) is 0 Å². The van der Waals surface area contributed by atoms with E-state index in [-0.39, 0.29) is 30.3 Å². The number of likely N-dealkylation sites (tertiary alicyclic amines) is 1. The maximum atomic E-state index is 14.1. The number of carbonyl (C=O) groups excluding carboxylic acids is 5. The Kier molecular flexibility index (Phi) is 15.5. The van der Waals surface area contributed by atoms with Gasteiger partial charge in [-0.25, -0.2) is 4.79 Å².